The van der Waals surface area contributed by atoms with Crippen molar-refractivity contribution in [3.63, 3.8) is 0 Å². The predicted octanol–water partition coefficient (Wildman–Crippen LogP) is 2.72. The Labute approximate surface area is 181 Å². The second kappa shape index (κ2) is 11.7. The minimum Gasteiger partial charge on any atom is -0.369 e. The third-order valence-corrected chi connectivity index (χ3v) is 6.01. The number of carbonyl (C=O) groups excluding carboxylic acids is 1. The molecule has 2 aliphatic heterocycles. The third kappa shape index (κ3) is 6.87. The predicted molar refractivity (Wildman–Crippen MR) is 124 cm³/mol. The van der Waals surface area contributed by atoms with Crippen molar-refractivity contribution in [1.82, 2.24) is 15.1 Å². The summed E-state index contributed by atoms with van der Waals surface area (Å²) in [5.74, 6) is 0.897. The molecule has 1 amide bonds. The monoisotopic (exact) mass is 411 g/mol. The van der Waals surface area contributed by atoms with Gasteiger partial charge in [-0.25, -0.2) is 0 Å². The van der Waals surface area contributed by atoms with Crippen molar-refractivity contribution in [2.45, 2.75) is 39.0 Å². The Balaban J connectivity index is 1.45. The van der Waals surface area contributed by atoms with Crippen molar-refractivity contribution in [2.75, 3.05) is 45.8 Å². The number of hydrogen-bond acceptors (Lipinski definition) is 3. The lowest BCUT2D eigenvalue weighted by Gasteiger charge is -2.32. The van der Waals surface area contributed by atoms with E-state index < -0.39 is 0 Å². The molecule has 0 aromatic heterocycles. The Morgan fingerprint density at radius 1 is 1.23 bits per heavy atom. The van der Waals surface area contributed by atoms with E-state index in [0.717, 1.165) is 83.9 Å². The van der Waals surface area contributed by atoms with E-state index in [2.05, 4.69) is 58.4 Å². The summed E-state index contributed by atoms with van der Waals surface area (Å²) in [6.07, 6.45) is 7.51. The third-order valence-electron chi connectivity index (χ3n) is 6.01. The van der Waals surface area contributed by atoms with E-state index in [0.29, 0.717) is 0 Å². The standard InChI is InChI=1S/C24H37N5O/c1-2-26-24(27-13-7-15-28-14-6-10-22(19-28)23(25)30)29-16-11-21(12-17-29)18-20-8-4-3-5-9-20/h3-5,8-9,18,22H,2,6-7,10-17,19H2,1H3,(H2,25,30)(H,26,27). The lowest BCUT2D eigenvalue weighted by molar-refractivity contribution is -0.123. The summed E-state index contributed by atoms with van der Waals surface area (Å²) in [4.78, 5) is 21.1. The van der Waals surface area contributed by atoms with Gasteiger partial charge in [0.25, 0.3) is 0 Å². The van der Waals surface area contributed by atoms with Crippen LogP contribution >= 0.6 is 0 Å². The molecule has 0 bridgehead atoms. The molecule has 6 heteroatoms. The molecule has 2 saturated heterocycles. The minimum absolute atomic E-state index is 0.0195. The molecule has 3 N–H and O–H groups in total. The first-order chi connectivity index (χ1) is 14.7. The van der Waals surface area contributed by atoms with Crippen LogP contribution in [0.5, 0.6) is 0 Å². The number of amides is 1. The van der Waals surface area contributed by atoms with Crippen LogP contribution in [0.1, 0.15) is 44.6 Å². The number of guanidine groups is 1. The molecule has 1 unspecified atom stereocenters. The van der Waals surface area contributed by atoms with Crippen LogP contribution in [-0.4, -0.2) is 67.5 Å². The Bertz CT molecular complexity index is 720. The molecule has 30 heavy (non-hydrogen) atoms. The van der Waals surface area contributed by atoms with E-state index in [1.54, 1.807) is 0 Å². The Hall–Kier alpha value is -2.34. The highest BCUT2D eigenvalue weighted by molar-refractivity contribution is 5.80. The normalized spacial score (nSPS) is 20.8. The molecule has 2 fully saturated rings. The summed E-state index contributed by atoms with van der Waals surface area (Å²) in [5, 5.41) is 3.46. The van der Waals surface area contributed by atoms with Crippen molar-refractivity contribution >= 4 is 17.9 Å². The highest BCUT2D eigenvalue weighted by Gasteiger charge is 2.23. The zero-order valence-corrected chi connectivity index (χ0v) is 18.4. The van der Waals surface area contributed by atoms with Gasteiger partial charge in [-0.2, -0.15) is 0 Å². The molecule has 1 aromatic rings. The van der Waals surface area contributed by atoms with Crippen LogP contribution in [0.25, 0.3) is 6.08 Å². The zero-order chi connectivity index (χ0) is 21.2. The van der Waals surface area contributed by atoms with E-state index in [-0.39, 0.29) is 11.8 Å². The molecular formula is C24H37N5O. The number of benzene rings is 1. The van der Waals surface area contributed by atoms with Crippen molar-refractivity contribution in [3.8, 4) is 0 Å². The van der Waals surface area contributed by atoms with Gasteiger partial charge in [-0.05, 0) is 57.7 Å². The van der Waals surface area contributed by atoms with Crippen LogP contribution in [-0.2, 0) is 4.79 Å². The highest BCUT2D eigenvalue weighted by atomic mass is 16.1. The van der Waals surface area contributed by atoms with E-state index in [1.165, 1.54) is 11.1 Å². The van der Waals surface area contributed by atoms with Gasteiger partial charge < -0.3 is 20.9 Å². The quantitative estimate of drug-likeness (QED) is 0.411. The Kier molecular flexibility index (Phi) is 8.75. The number of primary amides is 1. The minimum atomic E-state index is -0.155. The van der Waals surface area contributed by atoms with Gasteiger partial charge in [0, 0.05) is 32.7 Å². The molecule has 0 saturated carbocycles. The molecule has 0 spiro atoms. The number of carbonyl (C=O) groups is 1. The van der Waals surface area contributed by atoms with Crippen molar-refractivity contribution < 1.29 is 4.79 Å². The van der Waals surface area contributed by atoms with Gasteiger partial charge in [0.05, 0.1) is 5.92 Å². The van der Waals surface area contributed by atoms with Gasteiger partial charge in [0.1, 0.15) is 0 Å². The number of hydrogen-bond donors (Lipinski definition) is 2. The van der Waals surface area contributed by atoms with Gasteiger partial charge in [-0.15, -0.1) is 0 Å². The summed E-state index contributed by atoms with van der Waals surface area (Å²) >= 11 is 0. The number of aliphatic imine (C=N–C) groups is 1. The average molecular weight is 412 g/mol. The van der Waals surface area contributed by atoms with Crippen LogP contribution in [0.3, 0.4) is 0 Å². The lowest BCUT2D eigenvalue weighted by Crippen LogP contribution is -2.44. The maximum Gasteiger partial charge on any atom is 0.221 e. The Morgan fingerprint density at radius 2 is 2.00 bits per heavy atom. The first kappa shape index (κ1) is 22.3. The van der Waals surface area contributed by atoms with Crippen molar-refractivity contribution in [1.29, 1.82) is 0 Å². The number of nitrogens with two attached hydrogens (primary N) is 1. The van der Waals surface area contributed by atoms with Crippen LogP contribution in [0.4, 0.5) is 0 Å². The van der Waals surface area contributed by atoms with Crippen LogP contribution < -0.4 is 11.1 Å². The number of piperidine rings is 2. The first-order valence-electron chi connectivity index (χ1n) is 11.4. The molecule has 3 rings (SSSR count). The molecule has 6 nitrogen and oxygen atoms in total. The number of nitrogens with zero attached hydrogens (tertiary/aromatic N) is 3. The van der Waals surface area contributed by atoms with Gasteiger partial charge in [-0.3, -0.25) is 9.79 Å². The first-order valence-corrected chi connectivity index (χ1v) is 11.4. The van der Waals surface area contributed by atoms with E-state index >= 15 is 0 Å². The number of likely N-dealkylation sites (tertiary alicyclic amines) is 2. The fourth-order valence-electron chi connectivity index (χ4n) is 4.33. The maximum absolute atomic E-state index is 11.4. The smallest absolute Gasteiger partial charge is 0.221 e. The maximum atomic E-state index is 11.4. The molecule has 1 aromatic carbocycles. The SMILES string of the molecule is CCNC(=NCCCN1CCCC(C(N)=O)C1)N1CCC(=Cc2ccccc2)CC1. The van der Waals surface area contributed by atoms with Crippen LogP contribution in [0.2, 0.25) is 0 Å². The summed E-state index contributed by atoms with van der Waals surface area (Å²) in [6.45, 7) is 8.69. The summed E-state index contributed by atoms with van der Waals surface area (Å²) in [5.41, 5.74) is 8.29. The lowest BCUT2D eigenvalue weighted by atomic mass is 9.97. The van der Waals surface area contributed by atoms with Crippen LogP contribution in [0.15, 0.2) is 40.9 Å². The molecule has 164 valence electrons. The van der Waals surface area contributed by atoms with Crippen LogP contribution in [0, 0.1) is 5.92 Å². The number of nitrogens with one attached hydrogen (secondary N) is 1. The summed E-state index contributed by atoms with van der Waals surface area (Å²) < 4.78 is 0. The molecular weight excluding hydrogens is 374 g/mol. The highest BCUT2D eigenvalue weighted by Crippen LogP contribution is 2.20. The molecule has 0 aliphatic carbocycles. The second-order valence-electron chi connectivity index (χ2n) is 8.33. The number of rotatable bonds is 7. The molecule has 0 radical (unpaired) electrons. The fraction of sp³-hybridized carbons (Fsp3) is 0.583. The fourth-order valence-corrected chi connectivity index (χ4v) is 4.33. The molecule has 2 aliphatic rings. The van der Waals surface area contributed by atoms with E-state index in [1.807, 2.05) is 0 Å². The van der Waals surface area contributed by atoms with E-state index in [9.17, 15) is 4.79 Å². The summed E-state index contributed by atoms with van der Waals surface area (Å²) in [7, 11) is 0. The van der Waals surface area contributed by atoms with Gasteiger partial charge >= 0.3 is 0 Å². The Morgan fingerprint density at radius 3 is 2.70 bits per heavy atom. The van der Waals surface area contributed by atoms with Crippen molar-refractivity contribution in [3.05, 3.63) is 41.5 Å². The topological polar surface area (TPSA) is 74.0 Å². The average Bonchev–Trinajstić information content (AvgIpc) is 2.77. The second-order valence-corrected chi connectivity index (χ2v) is 8.33. The zero-order valence-electron chi connectivity index (χ0n) is 18.4. The largest absolute Gasteiger partial charge is 0.369 e. The van der Waals surface area contributed by atoms with Gasteiger partial charge in [-0.1, -0.05) is 42.0 Å². The van der Waals surface area contributed by atoms with E-state index in [4.69, 9.17) is 10.7 Å². The molecule has 1 atom stereocenters. The summed E-state index contributed by atoms with van der Waals surface area (Å²) in [6, 6.07) is 10.6. The van der Waals surface area contributed by atoms with Gasteiger partial charge in [0.15, 0.2) is 5.96 Å². The molecule has 2 heterocycles. The van der Waals surface area contributed by atoms with Crippen molar-refractivity contribution in [2.24, 2.45) is 16.6 Å². The van der Waals surface area contributed by atoms with Gasteiger partial charge in [0.2, 0.25) is 5.91 Å².